The highest BCUT2D eigenvalue weighted by Gasteiger charge is 2.34. The molecular formula is C16H21ClN2O3. The summed E-state index contributed by atoms with van der Waals surface area (Å²) in [7, 11) is 1.64. The molecule has 0 aliphatic carbocycles. The van der Waals surface area contributed by atoms with Gasteiger partial charge in [-0.1, -0.05) is 29.8 Å². The van der Waals surface area contributed by atoms with Crippen LogP contribution in [0.3, 0.4) is 0 Å². The Bertz CT molecular complexity index is 536. The fraction of sp³-hybridized carbons (Fsp3) is 0.500. The van der Waals surface area contributed by atoms with Crippen molar-refractivity contribution in [3.8, 4) is 0 Å². The molecule has 1 aromatic rings. The van der Waals surface area contributed by atoms with Crippen LogP contribution in [-0.4, -0.2) is 43.5 Å². The van der Waals surface area contributed by atoms with Crippen LogP contribution in [0.15, 0.2) is 24.3 Å². The second-order valence-corrected chi connectivity index (χ2v) is 5.66. The molecule has 22 heavy (non-hydrogen) atoms. The minimum absolute atomic E-state index is 0.0177. The van der Waals surface area contributed by atoms with E-state index in [1.807, 2.05) is 12.1 Å². The fourth-order valence-electron chi connectivity index (χ4n) is 2.61. The van der Waals surface area contributed by atoms with Crippen molar-refractivity contribution in [2.45, 2.75) is 25.3 Å². The van der Waals surface area contributed by atoms with E-state index >= 15 is 0 Å². The van der Waals surface area contributed by atoms with Crippen LogP contribution in [0.1, 0.15) is 30.9 Å². The number of carbonyl (C=O) groups is 2. The zero-order chi connectivity index (χ0) is 15.9. The van der Waals surface area contributed by atoms with E-state index in [0.717, 1.165) is 12.8 Å². The Labute approximate surface area is 135 Å². The monoisotopic (exact) mass is 324 g/mol. The summed E-state index contributed by atoms with van der Waals surface area (Å²) >= 11 is 6.20. The number of unbranched alkanes of at least 4 members (excludes halogenated alkanes) is 1. The number of halogens is 1. The van der Waals surface area contributed by atoms with Crippen LogP contribution >= 0.6 is 11.6 Å². The average Bonchev–Trinajstić information content (AvgIpc) is 2.52. The van der Waals surface area contributed by atoms with Crippen molar-refractivity contribution in [3.63, 3.8) is 0 Å². The average molecular weight is 325 g/mol. The summed E-state index contributed by atoms with van der Waals surface area (Å²) in [6.45, 7) is 1.62. The number of ether oxygens (including phenoxy) is 1. The maximum absolute atomic E-state index is 12.5. The Balaban J connectivity index is 2.12. The summed E-state index contributed by atoms with van der Waals surface area (Å²) in [5, 5.41) is 3.31. The molecule has 120 valence electrons. The first-order chi connectivity index (χ1) is 10.6. The standard InChI is InChI=1S/C16H21ClN2O3/c1-22-11-5-4-8-14(20)19-10-9-18-16(21)15(19)12-6-2-3-7-13(12)17/h2-3,6-7,15H,4-5,8-11H2,1H3,(H,18,21). The molecule has 1 fully saturated rings. The number of nitrogens with zero attached hydrogens (tertiary/aromatic N) is 1. The third-order valence-corrected chi connectivity index (χ3v) is 4.07. The van der Waals surface area contributed by atoms with E-state index in [9.17, 15) is 9.59 Å². The molecule has 2 rings (SSSR count). The Morgan fingerprint density at radius 2 is 2.18 bits per heavy atom. The first-order valence-corrected chi connectivity index (χ1v) is 7.83. The van der Waals surface area contributed by atoms with Gasteiger partial charge in [0.25, 0.3) is 0 Å². The largest absolute Gasteiger partial charge is 0.385 e. The predicted molar refractivity (Wildman–Crippen MR) is 84.6 cm³/mol. The third-order valence-electron chi connectivity index (χ3n) is 3.72. The number of piperazine rings is 1. The normalized spacial score (nSPS) is 18.2. The molecule has 1 N–H and O–H groups in total. The molecule has 0 saturated carbocycles. The van der Waals surface area contributed by atoms with E-state index in [1.54, 1.807) is 24.1 Å². The molecule has 0 radical (unpaired) electrons. The van der Waals surface area contributed by atoms with Crippen molar-refractivity contribution < 1.29 is 14.3 Å². The zero-order valence-corrected chi connectivity index (χ0v) is 13.4. The van der Waals surface area contributed by atoms with E-state index < -0.39 is 6.04 Å². The summed E-state index contributed by atoms with van der Waals surface area (Å²) < 4.78 is 4.99. The minimum Gasteiger partial charge on any atom is -0.385 e. The Hall–Kier alpha value is -1.59. The molecule has 1 unspecified atom stereocenters. The van der Waals surface area contributed by atoms with E-state index in [0.29, 0.717) is 36.7 Å². The topological polar surface area (TPSA) is 58.6 Å². The zero-order valence-electron chi connectivity index (χ0n) is 12.7. The second-order valence-electron chi connectivity index (χ2n) is 5.25. The number of nitrogens with one attached hydrogen (secondary N) is 1. The lowest BCUT2D eigenvalue weighted by Crippen LogP contribution is -2.52. The molecule has 1 heterocycles. The maximum atomic E-state index is 12.5. The van der Waals surface area contributed by atoms with Gasteiger partial charge >= 0.3 is 0 Å². The first-order valence-electron chi connectivity index (χ1n) is 7.45. The molecule has 0 spiro atoms. The summed E-state index contributed by atoms with van der Waals surface area (Å²) in [6.07, 6.45) is 2.00. The molecule has 6 heteroatoms. The number of methoxy groups -OCH3 is 1. The van der Waals surface area contributed by atoms with Gasteiger partial charge in [-0.25, -0.2) is 0 Å². The number of amides is 2. The lowest BCUT2D eigenvalue weighted by atomic mass is 10.0. The van der Waals surface area contributed by atoms with E-state index in [1.165, 1.54) is 0 Å². The van der Waals surface area contributed by atoms with Crippen molar-refractivity contribution in [1.29, 1.82) is 0 Å². The number of hydrogen-bond donors (Lipinski definition) is 1. The molecule has 1 aliphatic heterocycles. The van der Waals surface area contributed by atoms with E-state index in [2.05, 4.69) is 5.32 Å². The van der Waals surface area contributed by atoms with Crippen molar-refractivity contribution in [1.82, 2.24) is 10.2 Å². The molecule has 0 bridgehead atoms. The molecule has 5 nitrogen and oxygen atoms in total. The number of hydrogen-bond acceptors (Lipinski definition) is 3. The van der Waals surface area contributed by atoms with E-state index in [4.69, 9.17) is 16.3 Å². The summed E-state index contributed by atoms with van der Waals surface area (Å²) in [5.74, 6) is -0.194. The number of benzene rings is 1. The van der Waals surface area contributed by atoms with Gasteiger partial charge in [-0.05, 0) is 18.9 Å². The van der Waals surface area contributed by atoms with Crippen molar-refractivity contribution in [2.24, 2.45) is 0 Å². The quantitative estimate of drug-likeness (QED) is 0.816. The Kier molecular flexibility index (Phi) is 6.21. The predicted octanol–water partition coefficient (Wildman–Crippen LogP) is 2.16. The Morgan fingerprint density at radius 3 is 2.91 bits per heavy atom. The molecule has 1 atom stereocenters. The highest BCUT2D eigenvalue weighted by atomic mass is 35.5. The first kappa shape index (κ1) is 16.8. The number of carbonyl (C=O) groups excluding carboxylic acids is 2. The van der Waals surface area contributed by atoms with Gasteiger partial charge in [0.1, 0.15) is 6.04 Å². The fourth-order valence-corrected chi connectivity index (χ4v) is 2.85. The molecular weight excluding hydrogens is 304 g/mol. The molecule has 2 amide bonds. The van der Waals surface area contributed by atoms with Gasteiger partial charge in [-0.3, -0.25) is 9.59 Å². The molecule has 1 aromatic carbocycles. The van der Waals surface area contributed by atoms with Crippen molar-refractivity contribution in [2.75, 3.05) is 26.8 Å². The van der Waals surface area contributed by atoms with Gasteiger partial charge in [0, 0.05) is 43.8 Å². The summed E-state index contributed by atoms with van der Waals surface area (Å²) in [6, 6.07) is 6.52. The highest BCUT2D eigenvalue weighted by Crippen LogP contribution is 2.29. The van der Waals surface area contributed by atoms with Crippen molar-refractivity contribution >= 4 is 23.4 Å². The molecule has 1 aliphatic rings. The maximum Gasteiger partial charge on any atom is 0.247 e. The van der Waals surface area contributed by atoms with Crippen LogP contribution in [0.25, 0.3) is 0 Å². The van der Waals surface area contributed by atoms with Crippen LogP contribution < -0.4 is 5.32 Å². The van der Waals surface area contributed by atoms with Crippen LogP contribution in [0, 0.1) is 0 Å². The van der Waals surface area contributed by atoms with Crippen LogP contribution in [0.2, 0.25) is 5.02 Å². The molecule has 0 aromatic heterocycles. The van der Waals surface area contributed by atoms with Gasteiger partial charge in [-0.15, -0.1) is 0 Å². The smallest absolute Gasteiger partial charge is 0.247 e. The van der Waals surface area contributed by atoms with Gasteiger partial charge in [-0.2, -0.15) is 0 Å². The van der Waals surface area contributed by atoms with Crippen LogP contribution in [-0.2, 0) is 14.3 Å². The Morgan fingerprint density at radius 1 is 1.41 bits per heavy atom. The van der Waals surface area contributed by atoms with Crippen molar-refractivity contribution in [3.05, 3.63) is 34.9 Å². The van der Waals surface area contributed by atoms with Crippen LogP contribution in [0.5, 0.6) is 0 Å². The second kappa shape index (κ2) is 8.15. The SMILES string of the molecule is COCCCCC(=O)N1CCNC(=O)C1c1ccccc1Cl. The van der Waals surface area contributed by atoms with Gasteiger partial charge in [0.05, 0.1) is 0 Å². The highest BCUT2D eigenvalue weighted by molar-refractivity contribution is 6.31. The van der Waals surface area contributed by atoms with Gasteiger partial charge < -0.3 is 15.0 Å². The molecule has 1 saturated heterocycles. The lowest BCUT2D eigenvalue weighted by molar-refractivity contribution is -0.143. The van der Waals surface area contributed by atoms with E-state index in [-0.39, 0.29) is 11.8 Å². The number of rotatable bonds is 6. The summed E-state index contributed by atoms with van der Waals surface area (Å²) in [4.78, 5) is 26.4. The van der Waals surface area contributed by atoms with Gasteiger partial charge in [0.2, 0.25) is 11.8 Å². The minimum atomic E-state index is -0.641. The summed E-state index contributed by atoms with van der Waals surface area (Å²) in [5.41, 5.74) is 0.673. The lowest BCUT2D eigenvalue weighted by Gasteiger charge is -2.35. The third kappa shape index (κ3) is 3.99. The van der Waals surface area contributed by atoms with Gasteiger partial charge in [0.15, 0.2) is 0 Å². The van der Waals surface area contributed by atoms with Crippen LogP contribution in [0.4, 0.5) is 0 Å².